The average molecular weight is 117 g/mol. The van der Waals surface area contributed by atoms with Crippen molar-refractivity contribution in [2.75, 3.05) is 0 Å². The molecule has 0 spiro atoms. The van der Waals surface area contributed by atoms with Gasteiger partial charge >= 0.3 is 0 Å². The first-order chi connectivity index (χ1) is 2.77. The second kappa shape index (κ2) is 6.49. The van der Waals surface area contributed by atoms with E-state index in [4.69, 9.17) is 0 Å². The maximum absolute atomic E-state index is 2.31. The fraction of sp³-hybridized carbons (Fsp3) is 1.00. The smallest absolute Gasteiger partial charge is 0.196 e. The van der Waals surface area contributed by atoms with Crippen molar-refractivity contribution < 1.29 is 5.48 Å². The van der Waals surface area contributed by atoms with E-state index in [1.165, 1.54) is 5.28 Å². The van der Waals surface area contributed by atoms with Crippen molar-refractivity contribution in [2.45, 2.75) is 24.9 Å². The Morgan fingerprint density at radius 2 is 1.86 bits per heavy atom. The van der Waals surface area contributed by atoms with Crippen LogP contribution in [0.4, 0.5) is 0 Å². The largest absolute Gasteiger partial charge is 0.412 e. The third-order valence-corrected chi connectivity index (χ3v) is 2.12. The summed E-state index contributed by atoms with van der Waals surface area (Å²) in [6, 6.07) is 0. The van der Waals surface area contributed by atoms with E-state index in [1.807, 2.05) is 0 Å². The zero-order chi connectivity index (χ0) is 4.99. The molecule has 0 aliphatic rings. The third-order valence-electron chi connectivity index (χ3n) is 0.707. The molecule has 0 atom stereocenters. The van der Waals surface area contributed by atoms with Crippen molar-refractivity contribution in [3.63, 3.8) is 0 Å². The predicted molar refractivity (Wildman–Crippen MR) is 34.9 cm³/mol. The van der Waals surface area contributed by atoms with Crippen LogP contribution in [0.3, 0.4) is 0 Å². The highest BCUT2D eigenvalue weighted by atomic mass is 27.1. The van der Waals surface area contributed by atoms with Gasteiger partial charge in [-0.15, -0.1) is 11.1 Å². The zero-order valence-corrected chi connectivity index (χ0v) is 6.52. The Hall–Kier alpha value is 0.492. The average Bonchev–Trinajstić information content (AvgIpc) is 1.35. The molecule has 2 heteroatoms. The molecular weight excluding hydrogens is 103 g/mol. The minimum absolute atomic E-state index is 0. The summed E-state index contributed by atoms with van der Waals surface area (Å²) in [6.45, 7) is 4.55. The number of rotatable bonds is 2. The van der Waals surface area contributed by atoms with Crippen LogP contribution in [0.5, 0.6) is 0 Å². The summed E-state index contributed by atoms with van der Waals surface area (Å²) < 4.78 is 0. The Balaban J connectivity index is 0. The fourth-order valence-electron chi connectivity index (χ4n) is 0.471. The van der Waals surface area contributed by atoms with Crippen molar-refractivity contribution in [3.8, 4) is 0 Å². The molecule has 2 N–H and O–H groups in total. The molecule has 0 unspecified atom stereocenters. The lowest BCUT2D eigenvalue weighted by atomic mass is 10.3. The first-order valence-corrected chi connectivity index (χ1v) is 4.52. The summed E-state index contributed by atoms with van der Waals surface area (Å²) in [4.78, 5) is 0. The van der Waals surface area contributed by atoms with Crippen LogP contribution in [0.25, 0.3) is 0 Å². The molecule has 0 aromatic rings. The van der Waals surface area contributed by atoms with Gasteiger partial charge in [-0.1, -0.05) is 19.8 Å². The molecule has 1 radical (unpaired) electrons. The topological polar surface area (TPSA) is 31.5 Å². The van der Waals surface area contributed by atoms with E-state index in [0.717, 1.165) is 21.1 Å². The van der Waals surface area contributed by atoms with Crippen LogP contribution >= 0.6 is 0 Å². The van der Waals surface area contributed by atoms with Gasteiger partial charge in [0.05, 0.1) is 0 Å². The monoisotopic (exact) mass is 117 g/mol. The maximum Gasteiger partial charge on any atom is 0.196 e. The van der Waals surface area contributed by atoms with Crippen LogP contribution in [0.2, 0.25) is 11.1 Å². The van der Waals surface area contributed by atoms with Gasteiger partial charge in [-0.2, -0.15) is 0 Å². The molecule has 0 amide bonds. The van der Waals surface area contributed by atoms with E-state index in [9.17, 15) is 0 Å². The molecule has 0 aliphatic heterocycles. The van der Waals surface area contributed by atoms with Crippen LogP contribution in [-0.2, 0) is 0 Å². The second-order valence-corrected chi connectivity index (χ2v) is 3.33. The molecule has 1 nitrogen and oxygen atoms in total. The minimum atomic E-state index is 0. The highest BCUT2D eigenvalue weighted by molar-refractivity contribution is 6.33. The standard InChI is InChI=1S/C4H9.CH3.Al.H2O/c1-4(2)3;;;/h4H,1H2,2-3H3;1H3;;1H2. The summed E-state index contributed by atoms with van der Waals surface area (Å²) in [5.74, 6) is 3.24. The van der Waals surface area contributed by atoms with E-state index < -0.39 is 0 Å². The van der Waals surface area contributed by atoms with Gasteiger partial charge in [-0.25, -0.2) is 0 Å². The van der Waals surface area contributed by atoms with Gasteiger partial charge in [0, 0.05) is 0 Å². The fourth-order valence-corrected chi connectivity index (χ4v) is 1.41. The lowest BCUT2D eigenvalue weighted by Gasteiger charge is -1.94. The Morgan fingerprint density at radius 1 is 1.43 bits per heavy atom. The number of hydrogen-bond donors (Lipinski definition) is 0. The van der Waals surface area contributed by atoms with Crippen molar-refractivity contribution in [1.29, 1.82) is 0 Å². The summed E-state index contributed by atoms with van der Waals surface area (Å²) in [7, 11) is 0. The van der Waals surface area contributed by atoms with Gasteiger partial charge < -0.3 is 5.48 Å². The van der Waals surface area contributed by atoms with Gasteiger partial charge in [0.1, 0.15) is 0 Å². The van der Waals surface area contributed by atoms with Crippen LogP contribution in [0.15, 0.2) is 0 Å². The lowest BCUT2D eigenvalue weighted by molar-refractivity contribution is 0.731. The van der Waals surface area contributed by atoms with Gasteiger partial charge in [0.2, 0.25) is 0 Å². The van der Waals surface area contributed by atoms with E-state index in [-0.39, 0.29) is 5.48 Å². The van der Waals surface area contributed by atoms with E-state index in [1.54, 1.807) is 0 Å². The molecule has 0 fully saturated rings. The summed E-state index contributed by atoms with van der Waals surface area (Å²) in [6.07, 6.45) is 0. The quantitative estimate of drug-likeness (QED) is 0.483. The Labute approximate surface area is 52.1 Å². The highest BCUT2D eigenvalue weighted by Gasteiger charge is 1.87. The van der Waals surface area contributed by atoms with Crippen LogP contribution in [-0.4, -0.2) is 20.7 Å². The Kier molecular flexibility index (Phi) is 9.71. The van der Waals surface area contributed by atoms with Crippen molar-refractivity contribution in [1.82, 2.24) is 0 Å². The molecule has 0 saturated heterocycles. The molecule has 0 saturated carbocycles. The summed E-state index contributed by atoms with van der Waals surface area (Å²) >= 11 is 0.752. The Morgan fingerprint density at radius 3 is 1.86 bits per heavy atom. The first-order valence-electron chi connectivity index (χ1n) is 2.55. The van der Waals surface area contributed by atoms with Gasteiger partial charge in [-0.05, 0) is 0 Å². The third kappa shape index (κ3) is 10.7. The van der Waals surface area contributed by atoms with Crippen LogP contribution in [0.1, 0.15) is 13.8 Å². The van der Waals surface area contributed by atoms with Crippen molar-refractivity contribution in [3.05, 3.63) is 0 Å². The minimum Gasteiger partial charge on any atom is -0.412 e. The SMILES string of the molecule is O.[CH3][Al][CH2]C(C)C. The predicted octanol–water partition coefficient (Wildman–Crippen LogP) is 0.988. The van der Waals surface area contributed by atoms with Crippen molar-refractivity contribution >= 4 is 15.2 Å². The van der Waals surface area contributed by atoms with Crippen LogP contribution < -0.4 is 0 Å². The molecule has 0 aromatic heterocycles. The lowest BCUT2D eigenvalue weighted by Crippen LogP contribution is -1.88. The van der Waals surface area contributed by atoms with Gasteiger partial charge in [0.15, 0.2) is 15.2 Å². The summed E-state index contributed by atoms with van der Waals surface area (Å²) in [5, 5.41) is 1.46. The van der Waals surface area contributed by atoms with E-state index in [0.29, 0.717) is 0 Å². The van der Waals surface area contributed by atoms with E-state index in [2.05, 4.69) is 19.6 Å². The molecule has 0 aromatic carbocycles. The number of hydrogen-bond acceptors (Lipinski definition) is 0. The molecule has 0 heterocycles. The highest BCUT2D eigenvalue weighted by Crippen LogP contribution is 1.96. The molecule has 0 bridgehead atoms. The summed E-state index contributed by atoms with van der Waals surface area (Å²) in [5.41, 5.74) is 0. The molecular formula is C5H14AlO. The van der Waals surface area contributed by atoms with Crippen molar-refractivity contribution in [2.24, 2.45) is 5.92 Å². The second-order valence-electron chi connectivity index (χ2n) is 2.04. The van der Waals surface area contributed by atoms with E-state index >= 15 is 0 Å². The molecule has 7 heavy (non-hydrogen) atoms. The Bertz CT molecular complexity index is 29.3. The van der Waals surface area contributed by atoms with Gasteiger partial charge in [-0.3, -0.25) is 0 Å². The van der Waals surface area contributed by atoms with Crippen LogP contribution in [0, 0.1) is 5.92 Å². The molecule has 0 aliphatic carbocycles. The zero-order valence-electron chi connectivity index (χ0n) is 5.36. The maximum atomic E-state index is 2.31. The molecule has 43 valence electrons. The normalized spacial score (nSPS) is 8.00. The van der Waals surface area contributed by atoms with Gasteiger partial charge in [0.25, 0.3) is 0 Å². The molecule has 0 rings (SSSR count). The first kappa shape index (κ1) is 10.5.